The van der Waals surface area contributed by atoms with Gasteiger partial charge in [-0.3, -0.25) is 0 Å². The van der Waals surface area contributed by atoms with Crippen LogP contribution in [0.3, 0.4) is 0 Å². The van der Waals surface area contributed by atoms with E-state index in [1.54, 1.807) is 0 Å². The van der Waals surface area contributed by atoms with Crippen molar-refractivity contribution in [2.24, 2.45) is 0 Å². The molecule has 0 fully saturated rings. The zero-order valence-corrected chi connectivity index (χ0v) is 38.2. The number of para-hydroxylation sites is 1. The van der Waals surface area contributed by atoms with Gasteiger partial charge in [0.15, 0.2) is 0 Å². The maximum Gasteiger partial charge on any atom is 0.143 e. The van der Waals surface area contributed by atoms with Gasteiger partial charge in [-0.15, -0.1) is 0 Å². The van der Waals surface area contributed by atoms with Crippen molar-refractivity contribution in [1.29, 1.82) is 0 Å². The van der Waals surface area contributed by atoms with Crippen molar-refractivity contribution in [1.82, 2.24) is 4.57 Å². The first-order chi connectivity index (χ1) is 34.7. The van der Waals surface area contributed by atoms with Gasteiger partial charge < -0.3 is 8.98 Å². The molecule has 0 bridgehead atoms. The molecule has 0 amide bonds. The fourth-order valence-corrected chi connectivity index (χ4v) is 11.1. The van der Waals surface area contributed by atoms with Gasteiger partial charge in [0, 0.05) is 32.8 Å². The van der Waals surface area contributed by atoms with E-state index in [4.69, 9.17) is 4.42 Å². The number of nitrogens with zero attached hydrogens (tertiary/aromatic N) is 1. The quantitative estimate of drug-likeness (QED) is 0.146. The van der Waals surface area contributed by atoms with E-state index in [0.29, 0.717) is 0 Å². The molecule has 0 aliphatic heterocycles. The van der Waals surface area contributed by atoms with Crippen molar-refractivity contribution in [3.63, 3.8) is 0 Å². The van der Waals surface area contributed by atoms with Crippen molar-refractivity contribution < 1.29 is 4.42 Å². The van der Waals surface area contributed by atoms with Crippen LogP contribution in [0.25, 0.3) is 138 Å². The summed E-state index contributed by atoms with van der Waals surface area (Å²) >= 11 is 0. The number of benzene rings is 12. The molecule has 2 nitrogen and oxygen atoms in total. The van der Waals surface area contributed by atoms with Gasteiger partial charge in [0.25, 0.3) is 0 Å². The zero-order chi connectivity index (χ0) is 46.1. The van der Waals surface area contributed by atoms with Crippen LogP contribution in [0.1, 0.15) is 0 Å². The van der Waals surface area contributed by atoms with E-state index < -0.39 is 0 Å². The maximum atomic E-state index is 6.89. The Balaban J connectivity index is 0.966. The highest BCUT2D eigenvalue weighted by atomic mass is 16.3. The van der Waals surface area contributed by atoms with Crippen LogP contribution in [-0.4, -0.2) is 4.57 Å². The third-order valence-corrected chi connectivity index (χ3v) is 14.4. The first-order valence-corrected chi connectivity index (χ1v) is 24.1. The maximum absolute atomic E-state index is 6.89. The minimum Gasteiger partial charge on any atom is -0.455 e. The molecule has 12 aromatic carbocycles. The van der Waals surface area contributed by atoms with Crippen LogP contribution in [-0.2, 0) is 0 Å². The molecule has 0 saturated carbocycles. The lowest BCUT2D eigenvalue weighted by Gasteiger charge is -2.19. The molecule has 0 N–H and O–H groups in total. The number of rotatable bonds is 7. The summed E-state index contributed by atoms with van der Waals surface area (Å²) in [4.78, 5) is 0. The molecule has 0 unspecified atom stereocenters. The van der Waals surface area contributed by atoms with Crippen molar-refractivity contribution in [3.8, 4) is 72.4 Å². The summed E-state index contributed by atoms with van der Waals surface area (Å²) in [6, 6.07) is 95.0. The Labute approximate surface area is 405 Å². The topological polar surface area (TPSA) is 18.1 Å². The smallest absolute Gasteiger partial charge is 0.143 e. The van der Waals surface area contributed by atoms with Gasteiger partial charge in [0.1, 0.15) is 11.2 Å². The molecule has 326 valence electrons. The lowest BCUT2D eigenvalue weighted by molar-refractivity contribution is 0.670. The molecule has 70 heavy (non-hydrogen) atoms. The molecule has 14 rings (SSSR count). The van der Waals surface area contributed by atoms with Crippen molar-refractivity contribution in [3.05, 3.63) is 261 Å². The second kappa shape index (κ2) is 16.2. The first-order valence-electron chi connectivity index (χ1n) is 24.1. The minimum absolute atomic E-state index is 0.877. The van der Waals surface area contributed by atoms with Gasteiger partial charge in [0.2, 0.25) is 0 Å². The Morgan fingerprint density at radius 2 is 0.714 bits per heavy atom. The monoisotopic (exact) mass is 889 g/mol. The second-order valence-corrected chi connectivity index (χ2v) is 18.4. The molecule has 0 spiro atoms. The average molecular weight is 890 g/mol. The number of fused-ring (bicyclic) bond motifs is 8. The van der Waals surface area contributed by atoms with E-state index in [9.17, 15) is 0 Å². The summed E-state index contributed by atoms with van der Waals surface area (Å²) in [6.45, 7) is 0. The van der Waals surface area contributed by atoms with Crippen molar-refractivity contribution in [2.75, 3.05) is 0 Å². The molecule has 2 heterocycles. The SMILES string of the molecule is c1ccc(-c2ccc3oc4c(-c5ccc6c7ccccc7n(-c7cccc(-c8ccc9c(-c%10ccccc%10)c%10ccccc%10c(-c%10ccccc%10)c9c8)c7)c6c5)cc(-c5ccccc5)cc4c3c2)cc1. The number of hydrogen-bond acceptors (Lipinski definition) is 1. The minimum atomic E-state index is 0.877. The lowest BCUT2D eigenvalue weighted by Crippen LogP contribution is -1.95. The summed E-state index contributed by atoms with van der Waals surface area (Å²) in [5.74, 6) is 0. The Morgan fingerprint density at radius 1 is 0.243 bits per heavy atom. The van der Waals surface area contributed by atoms with E-state index in [1.807, 2.05) is 0 Å². The molecule has 2 aromatic heterocycles. The fraction of sp³-hybridized carbons (Fsp3) is 0. The predicted molar refractivity (Wildman–Crippen MR) is 296 cm³/mol. The van der Waals surface area contributed by atoms with Crippen LogP contribution in [0.15, 0.2) is 265 Å². The molecule has 0 aliphatic rings. The molecule has 0 aliphatic carbocycles. The zero-order valence-electron chi connectivity index (χ0n) is 38.2. The average Bonchev–Trinajstić information content (AvgIpc) is 3.98. The van der Waals surface area contributed by atoms with Crippen LogP contribution in [0.2, 0.25) is 0 Å². The second-order valence-electron chi connectivity index (χ2n) is 18.4. The molecule has 2 heteroatoms. The van der Waals surface area contributed by atoms with E-state index >= 15 is 0 Å². The van der Waals surface area contributed by atoms with Crippen LogP contribution in [0.5, 0.6) is 0 Å². The van der Waals surface area contributed by atoms with Gasteiger partial charge in [-0.05, 0) is 137 Å². The van der Waals surface area contributed by atoms with E-state index in [-0.39, 0.29) is 0 Å². The fourth-order valence-electron chi connectivity index (χ4n) is 11.1. The van der Waals surface area contributed by atoms with E-state index in [2.05, 4.69) is 265 Å². The standard InChI is InChI=1S/C68H43NO/c1-5-18-44(19-6-1)49-34-37-65-60(39-49)62-42-52(45-20-7-2-8-21-45)41-59(68(62)70-65)51-33-35-55-54-28-15-16-31-63(54)69(64(55)43-51)53-27-17-26-48(38-53)50-32-36-58-61(40-50)67(47-24-11-4-12-25-47)57-30-14-13-29-56(57)66(58)46-22-9-3-10-23-46/h1-43H. The van der Waals surface area contributed by atoms with Gasteiger partial charge in [-0.1, -0.05) is 206 Å². The largest absolute Gasteiger partial charge is 0.455 e. The highest BCUT2D eigenvalue weighted by Gasteiger charge is 2.21. The molecule has 0 radical (unpaired) electrons. The Kier molecular flexibility index (Phi) is 9.25. The van der Waals surface area contributed by atoms with Gasteiger partial charge >= 0.3 is 0 Å². The highest BCUT2D eigenvalue weighted by molar-refractivity contribution is 6.22. The number of furan rings is 1. The van der Waals surface area contributed by atoms with Crippen LogP contribution < -0.4 is 0 Å². The molecule has 14 aromatic rings. The summed E-state index contributed by atoms with van der Waals surface area (Å²) in [6.07, 6.45) is 0. The Bertz CT molecular complexity index is 4320. The lowest BCUT2D eigenvalue weighted by atomic mass is 9.85. The summed E-state index contributed by atoms with van der Waals surface area (Å²) in [5.41, 5.74) is 19.3. The van der Waals surface area contributed by atoms with E-state index in [1.165, 1.54) is 76.8 Å². The molecule has 0 atom stereocenters. The summed E-state index contributed by atoms with van der Waals surface area (Å²) in [5, 5.41) is 9.61. The third-order valence-electron chi connectivity index (χ3n) is 14.4. The van der Waals surface area contributed by atoms with Gasteiger partial charge in [-0.2, -0.15) is 0 Å². The Hall–Kier alpha value is -9.24. The number of hydrogen-bond donors (Lipinski definition) is 0. The van der Waals surface area contributed by atoms with Crippen LogP contribution in [0, 0.1) is 0 Å². The molecular formula is C68H43NO. The molecule has 0 saturated heterocycles. The van der Waals surface area contributed by atoms with Gasteiger partial charge in [0.05, 0.1) is 11.0 Å². The van der Waals surface area contributed by atoms with Gasteiger partial charge in [-0.25, -0.2) is 0 Å². The predicted octanol–water partition coefficient (Wildman–Crippen LogP) is 19.0. The highest BCUT2D eigenvalue weighted by Crippen LogP contribution is 2.46. The third kappa shape index (κ3) is 6.49. The van der Waals surface area contributed by atoms with Crippen LogP contribution >= 0.6 is 0 Å². The van der Waals surface area contributed by atoms with Crippen LogP contribution in [0.4, 0.5) is 0 Å². The summed E-state index contributed by atoms with van der Waals surface area (Å²) in [7, 11) is 0. The Morgan fingerprint density at radius 3 is 1.41 bits per heavy atom. The van der Waals surface area contributed by atoms with E-state index in [0.717, 1.165) is 60.9 Å². The number of aromatic nitrogens is 1. The first kappa shape index (κ1) is 39.9. The summed E-state index contributed by atoms with van der Waals surface area (Å²) < 4.78 is 9.33. The normalized spacial score (nSPS) is 11.7. The van der Waals surface area contributed by atoms with Crippen molar-refractivity contribution in [2.45, 2.75) is 0 Å². The van der Waals surface area contributed by atoms with Crippen molar-refractivity contribution >= 4 is 65.3 Å². The molecular weight excluding hydrogens is 847 g/mol.